The summed E-state index contributed by atoms with van der Waals surface area (Å²) in [6.07, 6.45) is 0. The highest BCUT2D eigenvalue weighted by molar-refractivity contribution is 5.46. The van der Waals surface area contributed by atoms with Gasteiger partial charge in [-0.15, -0.1) is 0 Å². The minimum atomic E-state index is 0.363. The molecular formula is C16H16N2O. The van der Waals surface area contributed by atoms with E-state index in [0.717, 1.165) is 11.4 Å². The Balaban J connectivity index is 1.90. The van der Waals surface area contributed by atoms with E-state index < -0.39 is 0 Å². The predicted molar refractivity (Wildman–Crippen MR) is 76.2 cm³/mol. The number of benzene rings is 2. The highest BCUT2D eigenvalue weighted by atomic mass is 16.5. The first-order valence-corrected chi connectivity index (χ1v) is 6.25. The van der Waals surface area contributed by atoms with E-state index in [4.69, 9.17) is 10.00 Å². The van der Waals surface area contributed by atoms with Crippen molar-refractivity contribution in [2.45, 2.75) is 0 Å². The topological polar surface area (TPSA) is 36.3 Å². The van der Waals surface area contributed by atoms with Gasteiger partial charge in [0.05, 0.1) is 12.6 Å². The van der Waals surface area contributed by atoms with E-state index in [1.807, 2.05) is 65.6 Å². The maximum Gasteiger partial charge on any atom is 0.119 e. The molecule has 0 aliphatic rings. The Morgan fingerprint density at radius 3 is 2.21 bits per heavy atom. The van der Waals surface area contributed by atoms with Crippen molar-refractivity contribution in [3.63, 3.8) is 0 Å². The summed E-state index contributed by atoms with van der Waals surface area (Å²) in [6.45, 7) is 1.61. The van der Waals surface area contributed by atoms with Gasteiger partial charge in [0.25, 0.3) is 0 Å². The van der Waals surface area contributed by atoms with Crippen LogP contribution in [0.25, 0.3) is 0 Å². The molecule has 2 aromatic rings. The number of para-hydroxylation sites is 2. The first-order chi connectivity index (χ1) is 9.40. The molecule has 0 heterocycles. The standard InChI is InChI=1S/C16H16N2O/c17-11-12-18(15-7-3-1-4-8-15)13-14-19-16-9-5-2-6-10-16/h1-10H,12-14H2. The highest BCUT2D eigenvalue weighted by Crippen LogP contribution is 2.13. The predicted octanol–water partition coefficient (Wildman–Crippen LogP) is 3.10. The van der Waals surface area contributed by atoms with Crippen molar-refractivity contribution in [2.24, 2.45) is 0 Å². The van der Waals surface area contributed by atoms with E-state index in [2.05, 4.69) is 6.07 Å². The van der Waals surface area contributed by atoms with Crippen LogP contribution in [0.15, 0.2) is 60.7 Å². The lowest BCUT2D eigenvalue weighted by Crippen LogP contribution is -2.28. The van der Waals surface area contributed by atoms with Gasteiger partial charge in [0, 0.05) is 5.69 Å². The highest BCUT2D eigenvalue weighted by Gasteiger charge is 2.05. The van der Waals surface area contributed by atoms with Crippen LogP contribution in [-0.4, -0.2) is 19.7 Å². The second-order valence-corrected chi connectivity index (χ2v) is 4.08. The third-order valence-corrected chi connectivity index (χ3v) is 2.76. The zero-order valence-corrected chi connectivity index (χ0v) is 10.7. The molecule has 2 aromatic carbocycles. The Kier molecular flexibility index (Phi) is 4.83. The average Bonchev–Trinajstić information content (AvgIpc) is 2.48. The lowest BCUT2D eigenvalue weighted by Gasteiger charge is -2.21. The van der Waals surface area contributed by atoms with E-state index in [0.29, 0.717) is 19.7 Å². The molecular weight excluding hydrogens is 236 g/mol. The van der Waals surface area contributed by atoms with Crippen molar-refractivity contribution in [1.82, 2.24) is 0 Å². The Morgan fingerprint density at radius 1 is 0.947 bits per heavy atom. The smallest absolute Gasteiger partial charge is 0.119 e. The van der Waals surface area contributed by atoms with Crippen LogP contribution < -0.4 is 9.64 Å². The average molecular weight is 252 g/mol. The fraction of sp³-hybridized carbons (Fsp3) is 0.188. The molecule has 19 heavy (non-hydrogen) atoms. The molecule has 3 heteroatoms. The van der Waals surface area contributed by atoms with Crippen molar-refractivity contribution >= 4 is 5.69 Å². The van der Waals surface area contributed by atoms with Crippen LogP contribution >= 0.6 is 0 Å². The van der Waals surface area contributed by atoms with Crippen molar-refractivity contribution in [2.75, 3.05) is 24.6 Å². The minimum absolute atomic E-state index is 0.363. The third-order valence-electron chi connectivity index (χ3n) is 2.76. The van der Waals surface area contributed by atoms with E-state index >= 15 is 0 Å². The number of rotatable bonds is 6. The fourth-order valence-electron chi connectivity index (χ4n) is 1.81. The molecule has 0 bridgehead atoms. The van der Waals surface area contributed by atoms with Crippen molar-refractivity contribution in [3.8, 4) is 11.8 Å². The molecule has 0 N–H and O–H groups in total. The summed E-state index contributed by atoms with van der Waals surface area (Å²) in [5, 5.41) is 8.88. The zero-order chi connectivity index (χ0) is 13.3. The maximum atomic E-state index is 8.88. The first kappa shape index (κ1) is 13.0. The molecule has 0 saturated carbocycles. The second kappa shape index (κ2) is 7.07. The molecule has 0 aromatic heterocycles. The van der Waals surface area contributed by atoms with Gasteiger partial charge in [-0.1, -0.05) is 36.4 Å². The van der Waals surface area contributed by atoms with Gasteiger partial charge in [-0.25, -0.2) is 0 Å². The Labute approximate surface area is 113 Å². The Morgan fingerprint density at radius 2 is 1.58 bits per heavy atom. The van der Waals surface area contributed by atoms with E-state index in [-0.39, 0.29) is 0 Å². The largest absolute Gasteiger partial charge is 0.492 e. The lowest BCUT2D eigenvalue weighted by atomic mass is 10.3. The number of hydrogen-bond donors (Lipinski definition) is 0. The molecule has 2 rings (SSSR count). The van der Waals surface area contributed by atoms with Crippen molar-refractivity contribution in [1.29, 1.82) is 5.26 Å². The van der Waals surface area contributed by atoms with E-state index in [1.54, 1.807) is 0 Å². The number of anilines is 1. The second-order valence-electron chi connectivity index (χ2n) is 4.08. The first-order valence-electron chi connectivity index (χ1n) is 6.25. The fourth-order valence-corrected chi connectivity index (χ4v) is 1.81. The molecule has 3 nitrogen and oxygen atoms in total. The molecule has 0 atom stereocenters. The van der Waals surface area contributed by atoms with Gasteiger partial charge in [0.1, 0.15) is 18.9 Å². The summed E-state index contributed by atoms with van der Waals surface area (Å²) in [6, 6.07) is 21.8. The molecule has 0 aliphatic carbocycles. The zero-order valence-electron chi connectivity index (χ0n) is 10.7. The minimum Gasteiger partial charge on any atom is -0.492 e. The number of nitrogens with zero attached hydrogens (tertiary/aromatic N) is 2. The lowest BCUT2D eigenvalue weighted by molar-refractivity contribution is 0.325. The van der Waals surface area contributed by atoms with Crippen LogP contribution in [0.5, 0.6) is 5.75 Å². The Hall–Kier alpha value is -2.47. The molecule has 0 amide bonds. The van der Waals surface area contributed by atoms with Gasteiger partial charge in [0.15, 0.2) is 0 Å². The quantitative estimate of drug-likeness (QED) is 0.741. The van der Waals surface area contributed by atoms with Crippen LogP contribution in [0.2, 0.25) is 0 Å². The molecule has 0 radical (unpaired) electrons. The number of ether oxygens (including phenoxy) is 1. The summed E-state index contributed by atoms with van der Waals surface area (Å²) in [4.78, 5) is 2.00. The molecule has 0 spiro atoms. The van der Waals surface area contributed by atoms with Crippen LogP contribution in [0, 0.1) is 11.3 Å². The SMILES string of the molecule is N#CCN(CCOc1ccccc1)c1ccccc1. The third kappa shape index (κ3) is 4.04. The Bertz CT molecular complexity index is 519. The van der Waals surface area contributed by atoms with Crippen LogP contribution in [0.1, 0.15) is 0 Å². The molecule has 96 valence electrons. The maximum absolute atomic E-state index is 8.88. The van der Waals surface area contributed by atoms with Crippen LogP contribution in [0.3, 0.4) is 0 Å². The summed E-state index contributed by atoms with van der Waals surface area (Å²) in [5.41, 5.74) is 1.04. The summed E-state index contributed by atoms with van der Waals surface area (Å²) < 4.78 is 5.65. The summed E-state index contributed by atoms with van der Waals surface area (Å²) in [7, 11) is 0. The number of hydrogen-bond acceptors (Lipinski definition) is 3. The van der Waals surface area contributed by atoms with Gasteiger partial charge in [-0.3, -0.25) is 0 Å². The summed E-state index contributed by atoms with van der Waals surface area (Å²) in [5.74, 6) is 0.854. The normalized spacial score (nSPS) is 9.63. The molecule has 0 fully saturated rings. The van der Waals surface area contributed by atoms with Crippen molar-refractivity contribution in [3.05, 3.63) is 60.7 Å². The van der Waals surface area contributed by atoms with Gasteiger partial charge in [0.2, 0.25) is 0 Å². The molecule has 0 unspecified atom stereocenters. The van der Waals surface area contributed by atoms with E-state index in [1.165, 1.54) is 0 Å². The van der Waals surface area contributed by atoms with Gasteiger partial charge >= 0.3 is 0 Å². The monoisotopic (exact) mass is 252 g/mol. The number of nitriles is 1. The molecule has 0 saturated heterocycles. The van der Waals surface area contributed by atoms with E-state index in [9.17, 15) is 0 Å². The summed E-state index contributed by atoms with van der Waals surface area (Å²) >= 11 is 0. The van der Waals surface area contributed by atoms with Crippen LogP contribution in [0.4, 0.5) is 5.69 Å². The van der Waals surface area contributed by atoms with Crippen LogP contribution in [-0.2, 0) is 0 Å². The molecule has 0 aliphatic heterocycles. The van der Waals surface area contributed by atoms with Crippen molar-refractivity contribution < 1.29 is 4.74 Å². The van der Waals surface area contributed by atoms with Gasteiger partial charge < -0.3 is 9.64 Å². The van der Waals surface area contributed by atoms with Gasteiger partial charge in [-0.2, -0.15) is 5.26 Å². The van der Waals surface area contributed by atoms with Gasteiger partial charge in [-0.05, 0) is 24.3 Å².